The standard InChI is InChI=1S/C26H33N9O10/c1-14-10-34(23(38)30-21(14)36)19-6-5-16(44-19)12-42-25(40)28-7-3-4-8-29-26(41)43-13-18-17(32-33-27)9-20(45-18)35-11-15(2)22(37)31-24(35)39/h5-6,10-11,16-20H,3-4,7-9,12-13H2,1-2H3,(H,28,40)(H,29,41)(H,30,36,38)(H,31,37,39)/t16-,17+,18-,19+,20-/m1/s1. The van der Waals surface area contributed by atoms with Crippen LogP contribution < -0.4 is 33.1 Å². The molecular formula is C26H33N9O10. The summed E-state index contributed by atoms with van der Waals surface area (Å²) in [5, 5.41) is 8.84. The van der Waals surface area contributed by atoms with Crippen molar-refractivity contribution in [3.05, 3.63) is 87.8 Å². The molecule has 19 heteroatoms. The van der Waals surface area contributed by atoms with Crippen molar-refractivity contribution in [2.75, 3.05) is 26.3 Å². The number of alkyl carbamates (subject to hydrolysis) is 2. The van der Waals surface area contributed by atoms with Crippen LogP contribution in [0.15, 0.2) is 48.8 Å². The van der Waals surface area contributed by atoms with E-state index in [1.165, 1.54) is 28.5 Å². The highest BCUT2D eigenvalue weighted by molar-refractivity contribution is 5.67. The van der Waals surface area contributed by atoms with Crippen LogP contribution in [0.3, 0.4) is 0 Å². The van der Waals surface area contributed by atoms with Gasteiger partial charge in [0.25, 0.3) is 11.1 Å². The molecular weight excluding hydrogens is 598 g/mol. The average molecular weight is 632 g/mol. The number of nitrogens with zero attached hydrogens (tertiary/aromatic N) is 5. The average Bonchev–Trinajstić information content (AvgIpc) is 3.64. The molecule has 0 bridgehead atoms. The summed E-state index contributed by atoms with van der Waals surface area (Å²) in [5.74, 6) is 0. The van der Waals surface area contributed by atoms with E-state index in [-0.39, 0.29) is 32.7 Å². The number of hydrogen-bond donors (Lipinski definition) is 4. The van der Waals surface area contributed by atoms with Crippen LogP contribution in [-0.2, 0) is 18.9 Å². The Labute approximate surface area is 253 Å². The minimum atomic E-state index is -0.823. The van der Waals surface area contributed by atoms with E-state index in [1.54, 1.807) is 19.1 Å². The molecule has 4 heterocycles. The number of unbranched alkanes of at least 4 members (excludes halogenated alkanes) is 1. The maximum atomic E-state index is 12.2. The maximum absolute atomic E-state index is 12.2. The van der Waals surface area contributed by atoms with Gasteiger partial charge in [-0.25, -0.2) is 19.2 Å². The predicted molar refractivity (Wildman–Crippen MR) is 155 cm³/mol. The van der Waals surface area contributed by atoms with E-state index in [1.807, 2.05) is 0 Å². The first kappa shape index (κ1) is 32.8. The van der Waals surface area contributed by atoms with Crippen molar-refractivity contribution in [3.63, 3.8) is 0 Å². The van der Waals surface area contributed by atoms with E-state index in [4.69, 9.17) is 24.5 Å². The SMILES string of the molecule is Cc1cn([C@@H]2C=C[C@H](COC(=O)NCCCCNC(=O)OC[C@H]3O[C@@H](n4cc(C)c(=O)[nH]c4=O)C[C@@H]3N=[N+]=[N-])O2)c(=O)[nH]c1=O. The molecule has 2 aliphatic heterocycles. The smallest absolute Gasteiger partial charge is 0.407 e. The molecule has 2 aliphatic rings. The molecule has 0 aromatic carbocycles. The Bertz CT molecular complexity index is 1700. The summed E-state index contributed by atoms with van der Waals surface area (Å²) in [4.78, 5) is 78.7. The highest BCUT2D eigenvalue weighted by Crippen LogP contribution is 2.30. The summed E-state index contributed by atoms with van der Waals surface area (Å²) in [6.07, 6.45) is 2.85. The monoisotopic (exact) mass is 631 g/mol. The summed E-state index contributed by atoms with van der Waals surface area (Å²) in [6, 6.07) is -0.708. The Morgan fingerprint density at radius 3 is 2.13 bits per heavy atom. The Morgan fingerprint density at radius 1 is 0.933 bits per heavy atom. The van der Waals surface area contributed by atoms with Gasteiger partial charge in [0.15, 0.2) is 6.23 Å². The second kappa shape index (κ2) is 15.0. The van der Waals surface area contributed by atoms with Gasteiger partial charge in [-0.05, 0) is 38.3 Å². The van der Waals surface area contributed by atoms with Crippen LogP contribution in [-0.4, -0.2) is 75.8 Å². The van der Waals surface area contributed by atoms with Gasteiger partial charge in [-0.2, -0.15) is 0 Å². The second-order valence-corrected chi connectivity index (χ2v) is 10.3. The van der Waals surface area contributed by atoms with Gasteiger partial charge in [0.05, 0.1) is 6.04 Å². The molecule has 1 fully saturated rings. The van der Waals surface area contributed by atoms with Crippen LogP contribution in [0.2, 0.25) is 0 Å². The van der Waals surface area contributed by atoms with E-state index in [2.05, 4.69) is 30.6 Å². The molecule has 4 rings (SSSR count). The summed E-state index contributed by atoms with van der Waals surface area (Å²) in [6.45, 7) is 3.30. The van der Waals surface area contributed by atoms with Crippen LogP contribution in [0, 0.1) is 13.8 Å². The Balaban J connectivity index is 1.09. The van der Waals surface area contributed by atoms with Crippen LogP contribution in [0.1, 0.15) is 42.8 Å². The highest BCUT2D eigenvalue weighted by Gasteiger charge is 2.37. The molecule has 5 atom stereocenters. The van der Waals surface area contributed by atoms with Crippen LogP contribution in [0.5, 0.6) is 0 Å². The normalized spacial score (nSPS) is 22.0. The fraction of sp³-hybridized carbons (Fsp3) is 0.538. The highest BCUT2D eigenvalue weighted by atomic mass is 16.6. The number of carbonyl (C=O) groups is 2. The molecule has 4 N–H and O–H groups in total. The molecule has 242 valence electrons. The summed E-state index contributed by atoms with van der Waals surface area (Å²) >= 11 is 0. The fourth-order valence-electron chi connectivity index (χ4n) is 4.59. The van der Waals surface area contributed by atoms with Crippen molar-refractivity contribution in [1.82, 2.24) is 29.7 Å². The topological polar surface area (TPSA) is 254 Å². The first-order chi connectivity index (χ1) is 21.5. The van der Waals surface area contributed by atoms with Crippen LogP contribution >= 0.6 is 0 Å². The second-order valence-electron chi connectivity index (χ2n) is 10.3. The fourth-order valence-corrected chi connectivity index (χ4v) is 4.59. The molecule has 2 aromatic heterocycles. The molecule has 0 saturated carbocycles. The number of aromatic nitrogens is 4. The Kier molecular flexibility index (Phi) is 11.0. The lowest BCUT2D eigenvalue weighted by atomic mass is 10.1. The van der Waals surface area contributed by atoms with Gasteiger partial charge < -0.3 is 29.6 Å². The van der Waals surface area contributed by atoms with Gasteiger partial charge in [-0.3, -0.25) is 28.7 Å². The molecule has 0 unspecified atom stereocenters. The molecule has 19 nitrogen and oxygen atoms in total. The third-order valence-corrected chi connectivity index (χ3v) is 6.98. The number of carbonyl (C=O) groups excluding carboxylic acids is 2. The number of rotatable bonds is 12. The summed E-state index contributed by atoms with van der Waals surface area (Å²) < 4.78 is 24.2. The first-order valence-electron chi connectivity index (χ1n) is 14.0. The number of aromatic amines is 2. The van der Waals surface area contributed by atoms with Crippen LogP contribution in [0.25, 0.3) is 10.4 Å². The zero-order chi connectivity index (χ0) is 32.5. The minimum absolute atomic E-state index is 0.0868. The van der Waals surface area contributed by atoms with Gasteiger partial charge >= 0.3 is 23.6 Å². The Hall–Kier alpha value is -5.13. The molecule has 2 aromatic rings. The van der Waals surface area contributed by atoms with Crippen molar-refractivity contribution < 1.29 is 28.5 Å². The molecule has 45 heavy (non-hydrogen) atoms. The van der Waals surface area contributed by atoms with Gasteiger partial charge in [0.2, 0.25) is 0 Å². The third-order valence-electron chi connectivity index (χ3n) is 6.98. The van der Waals surface area contributed by atoms with Gasteiger partial charge in [-0.15, -0.1) is 0 Å². The molecule has 0 spiro atoms. The lowest BCUT2D eigenvalue weighted by Crippen LogP contribution is -2.34. The van der Waals surface area contributed by atoms with Gasteiger partial charge in [0.1, 0.15) is 31.6 Å². The van der Waals surface area contributed by atoms with E-state index < -0.39 is 65.4 Å². The minimum Gasteiger partial charge on any atom is -0.447 e. The van der Waals surface area contributed by atoms with Crippen molar-refractivity contribution in [3.8, 4) is 0 Å². The molecule has 1 saturated heterocycles. The number of ether oxygens (including phenoxy) is 4. The summed E-state index contributed by atoms with van der Waals surface area (Å²) in [7, 11) is 0. The number of azide groups is 1. The number of nitrogens with one attached hydrogen (secondary N) is 4. The first-order valence-corrected chi connectivity index (χ1v) is 14.0. The molecule has 0 aliphatic carbocycles. The van der Waals surface area contributed by atoms with Crippen molar-refractivity contribution in [2.45, 2.75) is 63.8 Å². The number of hydrogen-bond acceptors (Lipinski definition) is 11. The molecule has 2 amide bonds. The zero-order valence-corrected chi connectivity index (χ0v) is 24.5. The molecule has 0 radical (unpaired) electrons. The Morgan fingerprint density at radius 2 is 1.51 bits per heavy atom. The van der Waals surface area contributed by atoms with E-state index >= 15 is 0 Å². The maximum Gasteiger partial charge on any atom is 0.407 e. The van der Waals surface area contributed by atoms with Crippen molar-refractivity contribution in [1.29, 1.82) is 0 Å². The van der Waals surface area contributed by atoms with E-state index in [9.17, 15) is 28.8 Å². The summed E-state index contributed by atoms with van der Waals surface area (Å²) in [5.41, 5.74) is 7.26. The lowest BCUT2D eigenvalue weighted by Gasteiger charge is -2.17. The number of aryl methyl sites for hydroxylation is 2. The number of H-pyrrole nitrogens is 2. The predicted octanol–water partition coefficient (Wildman–Crippen LogP) is 0.356. The van der Waals surface area contributed by atoms with E-state index in [0.717, 1.165) is 0 Å². The van der Waals surface area contributed by atoms with Crippen LogP contribution in [0.4, 0.5) is 9.59 Å². The van der Waals surface area contributed by atoms with Crippen molar-refractivity contribution >= 4 is 12.2 Å². The quantitative estimate of drug-likeness (QED) is 0.0822. The van der Waals surface area contributed by atoms with Crippen molar-refractivity contribution in [2.24, 2.45) is 5.11 Å². The van der Waals surface area contributed by atoms with Gasteiger partial charge in [-0.1, -0.05) is 11.2 Å². The number of amides is 2. The zero-order valence-electron chi connectivity index (χ0n) is 24.5. The largest absolute Gasteiger partial charge is 0.447 e. The lowest BCUT2D eigenvalue weighted by molar-refractivity contribution is -0.0307. The van der Waals surface area contributed by atoms with E-state index in [0.29, 0.717) is 24.0 Å². The van der Waals surface area contributed by atoms with Gasteiger partial charge in [0, 0.05) is 47.9 Å². The third kappa shape index (κ3) is 8.71.